The second-order valence-electron chi connectivity index (χ2n) is 6.38. The molecule has 1 atom stereocenters. The number of benzene rings is 1. The van der Waals surface area contributed by atoms with Crippen molar-refractivity contribution in [3.05, 3.63) is 53.4 Å². The van der Waals surface area contributed by atoms with E-state index in [0.29, 0.717) is 0 Å². The Morgan fingerprint density at radius 2 is 2.14 bits per heavy atom. The third-order valence-electron chi connectivity index (χ3n) is 4.67. The maximum atomic E-state index is 12.9. The van der Waals surface area contributed by atoms with E-state index in [9.17, 15) is 4.39 Å². The van der Waals surface area contributed by atoms with Gasteiger partial charge in [-0.2, -0.15) is 0 Å². The number of aryl methyl sites for hydroxylation is 2. The van der Waals surface area contributed by atoms with Gasteiger partial charge in [0.2, 0.25) is 0 Å². The van der Waals surface area contributed by atoms with Crippen LogP contribution in [0.4, 0.5) is 4.39 Å². The highest BCUT2D eigenvalue weighted by Crippen LogP contribution is 2.23. The lowest BCUT2D eigenvalue weighted by molar-refractivity contribution is 0.160. The van der Waals surface area contributed by atoms with E-state index in [1.54, 1.807) is 18.5 Å². The monoisotopic (exact) mass is 301 g/mol. The molecule has 0 bridgehead atoms. The topological polar surface area (TPSA) is 31.9 Å². The van der Waals surface area contributed by atoms with Gasteiger partial charge in [-0.1, -0.05) is 12.1 Å². The van der Waals surface area contributed by atoms with Gasteiger partial charge in [0.25, 0.3) is 0 Å². The van der Waals surface area contributed by atoms with Gasteiger partial charge in [0, 0.05) is 18.8 Å². The average molecular weight is 301 g/mol. The van der Waals surface area contributed by atoms with Crippen molar-refractivity contribution in [2.45, 2.75) is 39.2 Å². The summed E-state index contributed by atoms with van der Waals surface area (Å²) in [6.45, 7) is 5.34. The Balaban J connectivity index is 1.50. The number of aromatic nitrogens is 2. The molecule has 4 heteroatoms. The van der Waals surface area contributed by atoms with Crippen LogP contribution < -0.4 is 0 Å². The maximum Gasteiger partial charge on any atom is 0.123 e. The Kier molecular flexibility index (Phi) is 4.88. The van der Waals surface area contributed by atoms with Gasteiger partial charge in [-0.3, -0.25) is 4.90 Å². The molecule has 118 valence electrons. The van der Waals surface area contributed by atoms with E-state index in [1.165, 1.54) is 42.8 Å². The van der Waals surface area contributed by atoms with Gasteiger partial charge >= 0.3 is 0 Å². The number of hydrogen-bond acceptors (Lipinski definition) is 2. The molecule has 1 aromatic heterocycles. The summed E-state index contributed by atoms with van der Waals surface area (Å²) in [5.41, 5.74) is 3.58. The molecule has 2 heterocycles. The Bertz CT molecular complexity index is 591. The number of H-pyrrole nitrogens is 1. The van der Waals surface area contributed by atoms with Crippen LogP contribution >= 0.6 is 0 Å². The zero-order valence-electron chi connectivity index (χ0n) is 13.2. The van der Waals surface area contributed by atoms with Gasteiger partial charge < -0.3 is 4.98 Å². The van der Waals surface area contributed by atoms with Crippen molar-refractivity contribution in [3.8, 4) is 0 Å². The summed E-state index contributed by atoms with van der Waals surface area (Å²) in [6.07, 6.45) is 6.57. The molecule has 1 fully saturated rings. The zero-order chi connectivity index (χ0) is 15.4. The van der Waals surface area contributed by atoms with Crippen LogP contribution in [0.1, 0.15) is 36.2 Å². The number of rotatable bonds is 5. The third-order valence-corrected chi connectivity index (χ3v) is 4.67. The average Bonchev–Trinajstić information content (AvgIpc) is 2.92. The first kappa shape index (κ1) is 15.2. The van der Waals surface area contributed by atoms with Gasteiger partial charge in [0.1, 0.15) is 5.82 Å². The predicted octanol–water partition coefficient (Wildman–Crippen LogP) is 3.70. The summed E-state index contributed by atoms with van der Waals surface area (Å²) in [5.74, 6) is 0.583. The van der Waals surface area contributed by atoms with E-state index >= 15 is 0 Å². The smallest absolute Gasteiger partial charge is 0.123 e. The zero-order valence-corrected chi connectivity index (χ0v) is 13.2. The van der Waals surface area contributed by atoms with Crippen molar-refractivity contribution in [2.75, 3.05) is 13.1 Å². The lowest BCUT2D eigenvalue weighted by Gasteiger charge is -2.32. The molecule has 0 spiro atoms. The normalized spacial score (nSPS) is 19.5. The van der Waals surface area contributed by atoms with Crippen molar-refractivity contribution in [1.29, 1.82) is 0 Å². The second kappa shape index (κ2) is 7.05. The van der Waals surface area contributed by atoms with Crippen molar-refractivity contribution in [2.24, 2.45) is 5.92 Å². The minimum absolute atomic E-state index is 0.151. The Hall–Kier alpha value is -1.68. The fourth-order valence-electron chi connectivity index (χ4n) is 3.31. The highest BCUT2D eigenvalue weighted by molar-refractivity contribution is 5.16. The molecule has 22 heavy (non-hydrogen) atoms. The molecule has 0 radical (unpaired) electrons. The SMILES string of the molecule is Cc1[nH]cnc1CN1CCC[C@@H](CCc2ccc(F)cc2)C1. The lowest BCUT2D eigenvalue weighted by Crippen LogP contribution is -2.35. The minimum atomic E-state index is -0.151. The molecule has 0 saturated carbocycles. The molecule has 1 aromatic carbocycles. The minimum Gasteiger partial charge on any atom is -0.348 e. The molecule has 1 aliphatic heterocycles. The van der Waals surface area contributed by atoms with Crippen LogP contribution in [0.15, 0.2) is 30.6 Å². The largest absolute Gasteiger partial charge is 0.348 e. The van der Waals surface area contributed by atoms with Gasteiger partial charge in [-0.15, -0.1) is 0 Å². The number of piperidine rings is 1. The van der Waals surface area contributed by atoms with Gasteiger partial charge in [-0.05, 0) is 62.8 Å². The maximum absolute atomic E-state index is 12.9. The van der Waals surface area contributed by atoms with E-state index in [2.05, 4.69) is 21.8 Å². The number of imidazole rings is 1. The number of hydrogen-bond donors (Lipinski definition) is 1. The summed E-state index contributed by atoms with van der Waals surface area (Å²) >= 11 is 0. The number of halogens is 1. The third kappa shape index (κ3) is 3.95. The molecule has 3 nitrogen and oxygen atoms in total. The standard InChI is InChI=1S/C18H24FN3/c1-14-18(21-13-20-14)12-22-10-2-3-16(11-22)5-4-15-6-8-17(19)9-7-15/h6-9,13,16H,2-5,10-12H2,1H3,(H,20,21)/t16-/m0/s1. The predicted molar refractivity (Wildman–Crippen MR) is 86.0 cm³/mol. The van der Waals surface area contributed by atoms with E-state index < -0.39 is 0 Å². The molecule has 1 aliphatic rings. The van der Waals surface area contributed by atoms with E-state index in [0.717, 1.165) is 25.4 Å². The molecule has 3 rings (SSSR count). The summed E-state index contributed by atoms with van der Waals surface area (Å²) in [4.78, 5) is 10.1. The molecule has 0 unspecified atom stereocenters. The summed E-state index contributed by atoms with van der Waals surface area (Å²) in [7, 11) is 0. The van der Waals surface area contributed by atoms with Crippen LogP contribution in [0.3, 0.4) is 0 Å². The van der Waals surface area contributed by atoms with E-state index in [4.69, 9.17) is 0 Å². The molecule has 0 amide bonds. The molecule has 2 aromatic rings. The number of nitrogens with one attached hydrogen (secondary N) is 1. The van der Waals surface area contributed by atoms with Gasteiger partial charge in [0.15, 0.2) is 0 Å². The molecule has 1 saturated heterocycles. The summed E-state index contributed by atoms with van der Waals surface area (Å²) in [5, 5.41) is 0. The number of nitrogens with zero attached hydrogens (tertiary/aromatic N) is 2. The first-order valence-corrected chi connectivity index (χ1v) is 8.16. The van der Waals surface area contributed by atoms with Crippen LogP contribution in [-0.2, 0) is 13.0 Å². The first-order valence-electron chi connectivity index (χ1n) is 8.16. The van der Waals surface area contributed by atoms with Crippen LogP contribution in [0.25, 0.3) is 0 Å². The molecule has 0 aliphatic carbocycles. The fraction of sp³-hybridized carbons (Fsp3) is 0.500. The summed E-state index contributed by atoms with van der Waals surface area (Å²) in [6, 6.07) is 6.93. The number of aromatic amines is 1. The van der Waals surface area contributed by atoms with E-state index in [-0.39, 0.29) is 5.82 Å². The second-order valence-corrected chi connectivity index (χ2v) is 6.38. The molecule has 1 N–H and O–H groups in total. The highest BCUT2D eigenvalue weighted by atomic mass is 19.1. The Morgan fingerprint density at radius 1 is 1.32 bits per heavy atom. The highest BCUT2D eigenvalue weighted by Gasteiger charge is 2.20. The summed E-state index contributed by atoms with van der Waals surface area (Å²) < 4.78 is 12.9. The quantitative estimate of drug-likeness (QED) is 0.913. The number of likely N-dealkylation sites (tertiary alicyclic amines) is 1. The van der Waals surface area contributed by atoms with Crippen LogP contribution in [0.5, 0.6) is 0 Å². The molecular weight excluding hydrogens is 277 g/mol. The first-order chi connectivity index (χ1) is 10.7. The van der Waals surface area contributed by atoms with Crippen molar-refractivity contribution in [1.82, 2.24) is 14.9 Å². The van der Waals surface area contributed by atoms with Crippen LogP contribution in [-0.4, -0.2) is 28.0 Å². The lowest BCUT2D eigenvalue weighted by atomic mass is 9.91. The Morgan fingerprint density at radius 3 is 2.86 bits per heavy atom. The van der Waals surface area contributed by atoms with Gasteiger partial charge in [-0.25, -0.2) is 9.37 Å². The van der Waals surface area contributed by atoms with Crippen molar-refractivity contribution in [3.63, 3.8) is 0 Å². The van der Waals surface area contributed by atoms with E-state index in [1.807, 2.05) is 12.1 Å². The Labute approximate surface area is 131 Å². The van der Waals surface area contributed by atoms with Crippen molar-refractivity contribution < 1.29 is 4.39 Å². The van der Waals surface area contributed by atoms with Gasteiger partial charge in [0.05, 0.1) is 12.0 Å². The molecular formula is C18H24FN3. The fourth-order valence-corrected chi connectivity index (χ4v) is 3.31. The van der Waals surface area contributed by atoms with Crippen LogP contribution in [0.2, 0.25) is 0 Å². The van der Waals surface area contributed by atoms with Crippen molar-refractivity contribution >= 4 is 0 Å². The van der Waals surface area contributed by atoms with Crippen LogP contribution in [0, 0.1) is 18.7 Å².